The Hall–Kier alpha value is -2.18. The molecule has 0 bridgehead atoms. The molecule has 0 spiro atoms. The van der Waals surface area contributed by atoms with Crippen LogP contribution in [0.2, 0.25) is 0 Å². The third-order valence-electron chi connectivity index (χ3n) is 2.57. The highest BCUT2D eigenvalue weighted by Crippen LogP contribution is 2.02. The van der Waals surface area contributed by atoms with Crippen LogP contribution in [0.4, 0.5) is 0 Å². The van der Waals surface area contributed by atoms with Crippen molar-refractivity contribution in [1.29, 1.82) is 0 Å². The van der Waals surface area contributed by atoms with E-state index >= 15 is 0 Å². The first kappa shape index (κ1) is 12.3. The lowest BCUT2D eigenvalue weighted by Gasteiger charge is -2.02. The Kier molecular flexibility index (Phi) is 3.40. The van der Waals surface area contributed by atoms with E-state index in [1.54, 1.807) is 0 Å². The predicted octanol–water partition coefficient (Wildman–Crippen LogP) is -0.508. The molecule has 2 amide bonds. The second kappa shape index (κ2) is 4.99. The number of aliphatic imine (C=N–C) groups is 1. The summed E-state index contributed by atoms with van der Waals surface area (Å²) >= 11 is 0. The average Bonchev–Trinajstić information content (AvgIpc) is 2.78. The van der Waals surface area contributed by atoms with Gasteiger partial charge in [-0.1, -0.05) is 0 Å². The van der Waals surface area contributed by atoms with Crippen molar-refractivity contribution in [3.05, 3.63) is 17.5 Å². The average molecular weight is 249 g/mol. The van der Waals surface area contributed by atoms with Crippen molar-refractivity contribution in [1.82, 2.24) is 20.4 Å². The number of carbonyl (C=O) groups excluding carboxylic acids is 2. The summed E-state index contributed by atoms with van der Waals surface area (Å²) in [6.45, 7) is 5.24. The van der Waals surface area contributed by atoms with Crippen LogP contribution in [-0.2, 0) is 16.1 Å². The maximum Gasteiger partial charge on any atom is 0.316 e. The molecule has 2 heterocycles. The van der Waals surface area contributed by atoms with Crippen molar-refractivity contribution in [2.24, 2.45) is 4.99 Å². The Morgan fingerprint density at radius 1 is 1.28 bits per heavy atom. The summed E-state index contributed by atoms with van der Waals surface area (Å²) < 4.78 is 1.92. The Morgan fingerprint density at radius 3 is 2.50 bits per heavy atom. The second-order valence-electron chi connectivity index (χ2n) is 4.14. The fourth-order valence-corrected chi connectivity index (χ4v) is 1.75. The number of carbonyl (C=O) groups is 2. The lowest BCUT2D eigenvalue weighted by Crippen LogP contribution is -2.26. The highest BCUT2D eigenvalue weighted by atomic mass is 16.2. The monoisotopic (exact) mass is 249 g/mol. The van der Waals surface area contributed by atoms with Gasteiger partial charge in [-0.2, -0.15) is 5.10 Å². The molecule has 1 aliphatic heterocycles. The van der Waals surface area contributed by atoms with E-state index in [0.717, 1.165) is 24.4 Å². The van der Waals surface area contributed by atoms with E-state index in [-0.39, 0.29) is 5.96 Å². The zero-order valence-electron chi connectivity index (χ0n) is 10.4. The number of hydrogen-bond donors (Lipinski definition) is 2. The van der Waals surface area contributed by atoms with Gasteiger partial charge in [0.25, 0.3) is 0 Å². The minimum absolute atomic E-state index is 0.235. The first-order valence-corrected chi connectivity index (χ1v) is 5.74. The molecule has 7 nitrogen and oxygen atoms in total. The molecule has 2 rings (SSSR count). The van der Waals surface area contributed by atoms with E-state index in [0.29, 0.717) is 6.54 Å². The summed E-state index contributed by atoms with van der Waals surface area (Å²) in [5, 5.41) is 9.02. The molecule has 0 saturated carbocycles. The van der Waals surface area contributed by atoms with Crippen LogP contribution in [0.5, 0.6) is 0 Å². The molecule has 1 fully saturated rings. The van der Waals surface area contributed by atoms with Crippen LogP contribution >= 0.6 is 0 Å². The molecule has 1 aliphatic rings. The number of nitrogens with zero attached hydrogens (tertiary/aromatic N) is 3. The zero-order valence-corrected chi connectivity index (χ0v) is 10.4. The molecule has 1 aromatic heterocycles. The van der Waals surface area contributed by atoms with E-state index in [9.17, 15) is 9.59 Å². The van der Waals surface area contributed by atoms with Crippen molar-refractivity contribution in [2.45, 2.75) is 26.8 Å². The van der Waals surface area contributed by atoms with Crippen LogP contribution < -0.4 is 10.6 Å². The summed E-state index contributed by atoms with van der Waals surface area (Å²) in [4.78, 5) is 25.8. The predicted molar refractivity (Wildman–Crippen MR) is 64.9 cm³/mol. The molecule has 0 atom stereocenters. The summed E-state index contributed by atoms with van der Waals surface area (Å²) in [6, 6.07) is 2.02. The van der Waals surface area contributed by atoms with E-state index in [1.165, 1.54) is 0 Å². The van der Waals surface area contributed by atoms with Crippen molar-refractivity contribution < 1.29 is 9.59 Å². The Labute approximate surface area is 104 Å². The quantitative estimate of drug-likeness (QED) is 0.556. The molecule has 96 valence electrons. The van der Waals surface area contributed by atoms with E-state index in [2.05, 4.69) is 20.7 Å². The van der Waals surface area contributed by atoms with Gasteiger partial charge in [0.15, 0.2) is 0 Å². The third-order valence-corrected chi connectivity index (χ3v) is 2.57. The summed E-state index contributed by atoms with van der Waals surface area (Å²) in [5.74, 6) is -1.09. The van der Waals surface area contributed by atoms with Gasteiger partial charge in [0.2, 0.25) is 5.96 Å². The number of nitrogens with one attached hydrogen (secondary N) is 2. The molecule has 1 aromatic rings. The van der Waals surface area contributed by atoms with E-state index in [4.69, 9.17) is 0 Å². The van der Waals surface area contributed by atoms with Crippen LogP contribution in [0.1, 0.15) is 17.8 Å². The fraction of sp³-hybridized carbons (Fsp3) is 0.455. The smallest absolute Gasteiger partial charge is 0.288 e. The molecule has 1 saturated heterocycles. The van der Waals surface area contributed by atoms with Crippen LogP contribution in [0.25, 0.3) is 0 Å². The van der Waals surface area contributed by atoms with Crippen LogP contribution in [0.3, 0.4) is 0 Å². The highest BCUT2D eigenvalue weighted by molar-refractivity contribution is 6.45. The minimum atomic E-state index is -0.660. The van der Waals surface area contributed by atoms with Gasteiger partial charge in [0.05, 0.1) is 5.69 Å². The van der Waals surface area contributed by atoms with Gasteiger partial charge in [-0.05, 0) is 26.3 Å². The topological polar surface area (TPSA) is 88.4 Å². The molecule has 18 heavy (non-hydrogen) atoms. The van der Waals surface area contributed by atoms with Crippen LogP contribution in [-0.4, -0.2) is 34.1 Å². The second-order valence-corrected chi connectivity index (χ2v) is 4.14. The first-order chi connectivity index (χ1) is 8.56. The van der Waals surface area contributed by atoms with Crippen LogP contribution in [0, 0.1) is 13.8 Å². The largest absolute Gasteiger partial charge is 0.316 e. The normalized spacial score (nSPS) is 14.7. The lowest BCUT2D eigenvalue weighted by atomic mass is 10.4. The standard InChI is InChI=1S/C11H15N5O2/c1-7-6-8(2)16(15-7)5-3-4-12-11-13-9(17)10(18)14-11/h6H,3-5H2,1-2H3,(H2,12,13,14,17,18). The number of guanidine groups is 1. The lowest BCUT2D eigenvalue weighted by molar-refractivity contribution is -0.135. The summed E-state index contributed by atoms with van der Waals surface area (Å²) in [6.07, 6.45) is 0.789. The maximum atomic E-state index is 10.9. The molecule has 0 radical (unpaired) electrons. The van der Waals surface area contributed by atoms with E-state index < -0.39 is 11.8 Å². The Morgan fingerprint density at radius 2 is 1.94 bits per heavy atom. The SMILES string of the molecule is Cc1cc(C)n(CCCN=C2NC(=O)C(=O)N2)n1. The molecule has 0 aliphatic carbocycles. The molecule has 0 aromatic carbocycles. The van der Waals surface area contributed by atoms with Crippen molar-refractivity contribution in [2.75, 3.05) is 6.54 Å². The van der Waals surface area contributed by atoms with E-state index in [1.807, 2.05) is 24.6 Å². The molecule has 7 heteroatoms. The minimum Gasteiger partial charge on any atom is -0.288 e. The highest BCUT2D eigenvalue weighted by Gasteiger charge is 2.24. The van der Waals surface area contributed by atoms with Crippen molar-refractivity contribution in [3.63, 3.8) is 0 Å². The van der Waals surface area contributed by atoms with Gasteiger partial charge in [0.1, 0.15) is 0 Å². The number of amides is 2. The Bertz CT molecular complexity index is 500. The summed E-state index contributed by atoms with van der Waals surface area (Å²) in [5.41, 5.74) is 2.11. The Balaban J connectivity index is 1.80. The van der Waals surface area contributed by atoms with Gasteiger partial charge in [-0.15, -0.1) is 0 Å². The molecular formula is C11H15N5O2. The summed E-state index contributed by atoms with van der Waals surface area (Å²) in [7, 11) is 0. The molecule has 2 N–H and O–H groups in total. The number of hydrogen-bond acceptors (Lipinski definition) is 4. The number of aryl methyl sites for hydroxylation is 3. The van der Waals surface area contributed by atoms with Crippen LogP contribution in [0.15, 0.2) is 11.1 Å². The first-order valence-electron chi connectivity index (χ1n) is 5.74. The van der Waals surface area contributed by atoms with Crippen molar-refractivity contribution in [3.8, 4) is 0 Å². The van der Waals surface area contributed by atoms with Crippen molar-refractivity contribution >= 4 is 17.8 Å². The molecular weight excluding hydrogens is 234 g/mol. The number of aromatic nitrogens is 2. The fourth-order valence-electron chi connectivity index (χ4n) is 1.75. The van der Waals surface area contributed by atoms with Gasteiger partial charge in [-0.25, -0.2) is 0 Å². The maximum absolute atomic E-state index is 10.9. The zero-order chi connectivity index (χ0) is 13.1. The third kappa shape index (κ3) is 2.73. The van der Waals surface area contributed by atoms with Gasteiger partial charge >= 0.3 is 11.8 Å². The van der Waals surface area contributed by atoms with Gasteiger partial charge in [0, 0.05) is 18.8 Å². The molecule has 0 unspecified atom stereocenters. The number of rotatable bonds is 4. The van der Waals surface area contributed by atoms with Gasteiger partial charge in [-0.3, -0.25) is 29.9 Å². The van der Waals surface area contributed by atoms with Gasteiger partial charge < -0.3 is 0 Å².